The summed E-state index contributed by atoms with van der Waals surface area (Å²) in [5.74, 6) is 1.24. The minimum atomic E-state index is -3.75. The Morgan fingerprint density at radius 3 is 2.58 bits per heavy atom. The molecule has 0 radical (unpaired) electrons. The summed E-state index contributed by atoms with van der Waals surface area (Å²) < 4.78 is 24.7. The third-order valence-electron chi connectivity index (χ3n) is 7.18. The van der Waals surface area contributed by atoms with E-state index in [0.717, 1.165) is 19.3 Å². The van der Waals surface area contributed by atoms with Crippen LogP contribution in [0.25, 0.3) is 0 Å². The van der Waals surface area contributed by atoms with Gasteiger partial charge in [-0.1, -0.05) is 48.5 Å². The topological polar surface area (TPSA) is 81.2 Å². The van der Waals surface area contributed by atoms with E-state index in [1.807, 2.05) is 0 Å². The first kappa shape index (κ1) is 22.3. The Kier molecular flexibility index (Phi) is 6.36. The minimum Gasteiger partial charge on any atom is -0.336 e. The van der Waals surface area contributed by atoms with Gasteiger partial charge in [-0.2, -0.15) is 0 Å². The van der Waals surface area contributed by atoms with Crippen molar-refractivity contribution < 1.29 is 8.42 Å². The zero-order valence-corrected chi connectivity index (χ0v) is 19.8. The van der Waals surface area contributed by atoms with Crippen molar-refractivity contribution in [2.24, 2.45) is 11.1 Å². The highest BCUT2D eigenvalue weighted by Gasteiger charge is 2.34. The van der Waals surface area contributed by atoms with E-state index in [1.165, 1.54) is 60.9 Å². The maximum atomic E-state index is 11.4. The lowest BCUT2D eigenvalue weighted by Gasteiger charge is -2.35. The van der Waals surface area contributed by atoms with Crippen molar-refractivity contribution in [1.29, 1.82) is 0 Å². The number of aromatic nitrogens is 2. The van der Waals surface area contributed by atoms with Gasteiger partial charge in [0, 0.05) is 19.3 Å². The first-order chi connectivity index (χ1) is 16.0. The van der Waals surface area contributed by atoms with Crippen LogP contribution in [0.5, 0.6) is 0 Å². The van der Waals surface area contributed by atoms with E-state index in [0.29, 0.717) is 18.4 Å². The van der Waals surface area contributed by atoms with Gasteiger partial charge in [0.25, 0.3) is 10.0 Å². The number of fused-ring (bicyclic) bond motifs is 1. The molecule has 7 heteroatoms. The first-order valence-electron chi connectivity index (χ1n) is 11.9. The Hall–Kier alpha value is -2.48. The summed E-state index contributed by atoms with van der Waals surface area (Å²) in [6, 6.07) is 17.9. The van der Waals surface area contributed by atoms with Crippen LogP contribution in [0.3, 0.4) is 0 Å². The Morgan fingerprint density at radius 2 is 1.88 bits per heavy atom. The molecule has 6 nitrogen and oxygen atoms in total. The summed E-state index contributed by atoms with van der Waals surface area (Å²) >= 11 is 0. The third kappa shape index (κ3) is 5.21. The third-order valence-corrected chi connectivity index (χ3v) is 7.98. The number of aryl methyl sites for hydroxylation is 2. The molecule has 1 aliphatic carbocycles. The quantitative estimate of drug-likeness (QED) is 0.526. The number of nitrogens with two attached hydrogens (primary N) is 1. The summed E-state index contributed by atoms with van der Waals surface area (Å²) in [4.78, 5) is 6.51. The molecule has 0 bridgehead atoms. The molecule has 2 aliphatic rings. The summed E-state index contributed by atoms with van der Waals surface area (Å²) in [6.45, 7) is 4.41. The van der Waals surface area contributed by atoms with Crippen LogP contribution in [0.2, 0.25) is 0 Å². The van der Waals surface area contributed by atoms with E-state index in [1.54, 1.807) is 10.9 Å². The number of imidazole rings is 1. The Bertz CT molecular complexity index is 1200. The lowest BCUT2D eigenvalue weighted by molar-refractivity contribution is 0.145. The van der Waals surface area contributed by atoms with Gasteiger partial charge in [0.05, 0.1) is 6.33 Å². The second kappa shape index (κ2) is 9.41. The van der Waals surface area contributed by atoms with E-state index in [-0.39, 0.29) is 5.03 Å². The van der Waals surface area contributed by atoms with Gasteiger partial charge in [0.1, 0.15) is 0 Å². The number of hydrogen-bond acceptors (Lipinski definition) is 4. The minimum absolute atomic E-state index is 0.0722. The van der Waals surface area contributed by atoms with Crippen molar-refractivity contribution in [2.75, 3.05) is 19.6 Å². The normalized spacial score (nSPS) is 20.5. The zero-order chi connectivity index (χ0) is 22.8. The van der Waals surface area contributed by atoms with Crippen molar-refractivity contribution in [3.8, 4) is 0 Å². The van der Waals surface area contributed by atoms with Crippen LogP contribution in [-0.4, -0.2) is 42.5 Å². The van der Waals surface area contributed by atoms with E-state index in [2.05, 4.69) is 58.4 Å². The molecule has 0 spiro atoms. The van der Waals surface area contributed by atoms with Crippen molar-refractivity contribution in [3.05, 3.63) is 83.3 Å². The molecule has 1 saturated heterocycles. The molecular formula is C26H32N4O2S. The fourth-order valence-electron chi connectivity index (χ4n) is 5.32. The molecule has 5 rings (SSSR count). The highest BCUT2D eigenvalue weighted by Crippen LogP contribution is 2.41. The zero-order valence-electron chi connectivity index (χ0n) is 18.9. The number of benzene rings is 2. The Balaban J connectivity index is 1.28. The van der Waals surface area contributed by atoms with Crippen LogP contribution in [0.1, 0.15) is 41.0 Å². The molecule has 1 fully saturated rings. The van der Waals surface area contributed by atoms with Gasteiger partial charge >= 0.3 is 0 Å². The molecule has 1 aromatic heterocycles. The van der Waals surface area contributed by atoms with E-state index in [4.69, 9.17) is 5.14 Å². The molecule has 2 N–H and O–H groups in total. The van der Waals surface area contributed by atoms with E-state index >= 15 is 0 Å². The Labute approximate surface area is 196 Å². The summed E-state index contributed by atoms with van der Waals surface area (Å²) in [7, 11) is -3.75. The lowest BCUT2D eigenvalue weighted by atomic mass is 9.85. The van der Waals surface area contributed by atoms with Crippen LogP contribution >= 0.6 is 0 Å². The van der Waals surface area contributed by atoms with Gasteiger partial charge in [-0.15, -0.1) is 0 Å². The second-order valence-corrected chi connectivity index (χ2v) is 11.1. The average Bonchev–Trinajstić information content (AvgIpc) is 3.37. The predicted octanol–water partition coefficient (Wildman–Crippen LogP) is 3.37. The van der Waals surface area contributed by atoms with Gasteiger partial charge < -0.3 is 9.47 Å². The number of likely N-dealkylation sites (tertiary alicyclic amines) is 1. The molecule has 1 aliphatic heterocycles. The Morgan fingerprint density at radius 1 is 1.06 bits per heavy atom. The molecule has 2 heterocycles. The monoisotopic (exact) mass is 464 g/mol. The van der Waals surface area contributed by atoms with Crippen LogP contribution in [-0.2, 0) is 35.8 Å². The molecular weight excluding hydrogens is 432 g/mol. The van der Waals surface area contributed by atoms with Gasteiger partial charge in [-0.25, -0.2) is 18.5 Å². The molecule has 2 aromatic carbocycles. The molecule has 3 aromatic rings. The number of primary sulfonamides is 1. The number of hydrogen-bond donors (Lipinski definition) is 1. The van der Waals surface area contributed by atoms with Crippen LogP contribution in [0.4, 0.5) is 0 Å². The highest BCUT2D eigenvalue weighted by molar-refractivity contribution is 7.89. The molecule has 174 valence electrons. The van der Waals surface area contributed by atoms with E-state index in [9.17, 15) is 8.42 Å². The number of nitrogens with zero attached hydrogens (tertiary/aromatic N) is 3. The maximum absolute atomic E-state index is 11.4. The average molecular weight is 465 g/mol. The molecule has 33 heavy (non-hydrogen) atoms. The summed E-state index contributed by atoms with van der Waals surface area (Å²) in [5, 5.41) is 5.09. The number of rotatable bonds is 9. The van der Waals surface area contributed by atoms with E-state index < -0.39 is 10.0 Å². The SMILES string of the molecule is NS(=O)(=O)c1cn(CCCc2ccc3c(c2)C(Cc2ccccc2)C(CN2CCC2)C3)cn1. The van der Waals surface area contributed by atoms with Crippen molar-refractivity contribution in [3.63, 3.8) is 0 Å². The molecule has 2 unspecified atom stereocenters. The predicted molar refractivity (Wildman–Crippen MR) is 130 cm³/mol. The highest BCUT2D eigenvalue weighted by atomic mass is 32.2. The van der Waals surface area contributed by atoms with Crippen LogP contribution in [0, 0.1) is 5.92 Å². The van der Waals surface area contributed by atoms with Gasteiger partial charge in [0.15, 0.2) is 5.03 Å². The fraction of sp³-hybridized carbons (Fsp3) is 0.423. The largest absolute Gasteiger partial charge is 0.336 e. The van der Waals surface area contributed by atoms with Crippen molar-refractivity contribution in [1.82, 2.24) is 14.5 Å². The fourth-order valence-corrected chi connectivity index (χ4v) is 5.79. The smallest absolute Gasteiger partial charge is 0.257 e. The lowest BCUT2D eigenvalue weighted by Crippen LogP contribution is -2.41. The second-order valence-electron chi connectivity index (χ2n) is 9.55. The van der Waals surface area contributed by atoms with Crippen molar-refractivity contribution in [2.45, 2.75) is 49.6 Å². The first-order valence-corrected chi connectivity index (χ1v) is 13.4. The summed E-state index contributed by atoms with van der Waals surface area (Å²) in [5.41, 5.74) is 5.81. The molecule has 2 atom stereocenters. The summed E-state index contributed by atoms with van der Waals surface area (Å²) in [6.07, 6.45) is 8.52. The molecule has 0 amide bonds. The molecule has 0 saturated carbocycles. The number of sulfonamides is 1. The van der Waals surface area contributed by atoms with Gasteiger partial charge in [-0.3, -0.25) is 0 Å². The standard InChI is InChI=1S/C26H32N4O2S/c27-33(31,32)26-18-30(19-28-26)11-4-8-21-9-10-22-16-23(17-29-12-5-13-29)25(24(22)15-21)14-20-6-2-1-3-7-20/h1-3,6-7,9-10,15,18-19,23,25H,4-5,8,11-14,16-17H2,(H2,27,31,32). The van der Waals surface area contributed by atoms with Crippen molar-refractivity contribution >= 4 is 10.0 Å². The maximum Gasteiger partial charge on any atom is 0.257 e. The van der Waals surface area contributed by atoms with Gasteiger partial charge in [0.2, 0.25) is 0 Å². The van der Waals surface area contributed by atoms with Crippen LogP contribution < -0.4 is 5.14 Å². The van der Waals surface area contributed by atoms with Gasteiger partial charge in [-0.05, 0) is 79.3 Å². The van der Waals surface area contributed by atoms with Crippen LogP contribution in [0.15, 0.2) is 66.1 Å².